The van der Waals surface area contributed by atoms with E-state index < -0.39 is 0 Å². The molecule has 0 fully saturated rings. The summed E-state index contributed by atoms with van der Waals surface area (Å²) in [5.41, 5.74) is 1.56. The van der Waals surface area contributed by atoms with Crippen molar-refractivity contribution in [3.63, 3.8) is 0 Å². The Morgan fingerprint density at radius 2 is 1.96 bits per heavy atom. The van der Waals surface area contributed by atoms with Crippen molar-refractivity contribution in [2.75, 3.05) is 6.61 Å². The van der Waals surface area contributed by atoms with Gasteiger partial charge in [-0.15, -0.1) is 0 Å². The third-order valence-electron chi connectivity index (χ3n) is 4.00. The van der Waals surface area contributed by atoms with Crippen molar-refractivity contribution in [3.8, 4) is 5.75 Å². The van der Waals surface area contributed by atoms with Crippen LogP contribution >= 0.6 is 0 Å². The molecular weight excluding hydrogens is 302 g/mol. The van der Waals surface area contributed by atoms with E-state index in [9.17, 15) is 4.79 Å². The highest BCUT2D eigenvalue weighted by Crippen LogP contribution is 2.28. The molecular formula is C20H21NO3. The first-order chi connectivity index (χ1) is 11.6. The van der Waals surface area contributed by atoms with E-state index in [0.29, 0.717) is 24.5 Å². The van der Waals surface area contributed by atoms with Gasteiger partial charge in [-0.05, 0) is 43.7 Å². The molecule has 4 heteroatoms. The van der Waals surface area contributed by atoms with Crippen LogP contribution in [-0.2, 0) is 6.54 Å². The van der Waals surface area contributed by atoms with Gasteiger partial charge in [-0.2, -0.15) is 0 Å². The van der Waals surface area contributed by atoms with Crippen molar-refractivity contribution in [2.24, 2.45) is 0 Å². The summed E-state index contributed by atoms with van der Waals surface area (Å²) in [4.78, 5) is 12.8. The molecule has 0 bridgehead atoms. The lowest BCUT2D eigenvalue weighted by atomic mass is 10.0. The van der Waals surface area contributed by atoms with Gasteiger partial charge in [0.1, 0.15) is 17.3 Å². The molecule has 0 aliphatic carbocycles. The van der Waals surface area contributed by atoms with Gasteiger partial charge >= 0.3 is 0 Å². The largest absolute Gasteiger partial charge is 0.493 e. The summed E-state index contributed by atoms with van der Waals surface area (Å²) in [5, 5.41) is 4.89. The molecule has 2 aromatic carbocycles. The van der Waals surface area contributed by atoms with Crippen LogP contribution in [-0.4, -0.2) is 12.5 Å². The first-order valence-corrected chi connectivity index (χ1v) is 8.08. The Hall–Kier alpha value is -2.75. The lowest BCUT2D eigenvalue weighted by molar-refractivity contribution is 0.0949. The number of hydrogen-bond acceptors (Lipinski definition) is 3. The van der Waals surface area contributed by atoms with Crippen LogP contribution in [0.1, 0.15) is 34.4 Å². The summed E-state index contributed by atoms with van der Waals surface area (Å²) >= 11 is 0. The van der Waals surface area contributed by atoms with Crippen LogP contribution in [0.5, 0.6) is 5.75 Å². The molecule has 0 saturated carbocycles. The van der Waals surface area contributed by atoms with E-state index in [1.54, 1.807) is 0 Å². The second-order valence-corrected chi connectivity index (χ2v) is 5.71. The van der Waals surface area contributed by atoms with Crippen LogP contribution in [0.4, 0.5) is 0 Å². The summed E-state index contributed by atoms with van der Waals surface area (Å²) in [6.45, 7) is 6.65. The van der Waals surface area contributed by atoms with Crippen molar-refractivity contribution >= 4 is 16.7 Å². The fourth-order valence-corrected chi connectivity index (χ4v) is 2.88. The number of furan rings is 1. The number of ether oxygens (including phenoxy) is 1. The monoisotopic (exact) mass is 323 g/mol. The number of carbonyl (C=O) groups excluding carboxylic acids is 1. The zero-order valence-corrected chi connectivity index (χ0v) is 14.2. The fourth-order valence-electron chi connectivity index (χ4n) is 2.88. The van der Waals surface area contributed by atoms with Gasteiger partial charge in [-0.1, -0.05) is 30.3 Å². The predicted octanol–water partition coefficient (Wildman–Crippen LogP) is 4.38. The van der Waals surface area contributed by atoms with E-state index in [1.807, 2.05) is 63.2 Å². The third kappa shape index (κ3) is 3.13. The summed E-state index contributed by atoms with van der Waals surface area (Å²) in [6.07, 6.45) is 0. The van der Waals surface area contributed by atoms with Gasteiger partial charge in [0.05, 0.1) is 12.2 Å². The molecule has 1 amide bonds. The molecule has 1 N–H and O–H groups in total. The minimum atomic E-state index is -0.145. The van der Waals surface area contributed by atoms with E-state index in [2.05, 4.69) is 5.32 Å². The molecule has 0 saturated heterocycles. The number of rotatable bonds is 5. The van der Waals surface area contributed by atoms with Crippen LogP contribution < -0.4 is 10.1 Å². The molecule has 124 valence electrons. The number of benzene rings is 2. The SMILES string of the molecule is CCOc1ccc2ccccc2c1C(=O)NCc1cc(C)oc1C. The molecule has 0 aliphatic heterocycles. The molecule has 0 radical (unpaired) electrons. The van der Waals surface area contributed by atoms with E-state index in [4.69, 9.17) is 9.15 Å². The quantitative estimate of drug-likeness (QED) is 0.758. The van der Waals surface area contributed by atoms with Crippen molar-refractivity contribution < 1.29 is 13.9 Å². The average Bonchev–Trinajstić information content (AvgIpc) is 2.90. The molecule has 3 aromatic rings. The summed E-state index contributed by atoms with van der Waals surface area (Å²) in [6, 6.07) is 13.6. The first-order valence-electron chi connectivity index (χ1n) is 8.08. The van der Waals surface area contributed by atoms with E-state index in [1.165, 1.54) is 0 Å². The minimum absolute atomic E-state index is 0.145. The molecule has 0 spiro atoms. The molecule has 3 rings (SSSR count). The first kappa shape index (κ1) is 16.1. The van der Waals surface area contributed by atoms with Crippen LogP contribution in [0.15, 0.2) is 46.9 Å². The van der Waals surface area contributed by atoms with Crippen LogP contribution in [0.25, 0.3) is 10.8 Å². The maximum Gasteiger partial charge on any atom is 0.255 e. The Bertz CT molecular complexity index is 880. The maximum absolute atomic E-state index is 12.8. The van der Waals surface area contributed by atoms with E-state index >= 15 is 0 Å². The number of hydrogen-bond donors (Lipinski definition) is 1. The van der Waals surface area contributed by atoms with E-state index in [-0.39, 0.29) is 5.91 Å². The smallest absolute Gasteiger partial charge is 0.255 e. The highest BCUT2D eigenvalue weighted by Gasteiger charge is 2.17. The van der Waals surface area contributed by atoms with Gasteiger partial charge in [0.15, 0.2) is 0 Å². The highest BCUT2D eigenvalue weighted by atomic mass is 16.5. The number of aryl methyl sites for hydroxylation is 2. The molecule has 24 heavy (non-hydrogen) atoms. The van der Waals surface area contributed by atoms with Crippen molar-refractivity contribution in [1.82, 2.24) is 5.32 Å². The number of fused-ring (bicyclic) bond motifs is 1. The summed E-state index contributed by atoms with van der Waals surface area (Å²) in [7, 11) is 0. The zero-order chi connectivity index (χ0) is 17.1. The lowest BCUT2D eigenvalue weighted by Crippen LogP contribution is -2.24. The normalized spacial score (nSPS) is 10.8. The Balaban J connectivity index is 1.93. The second-order valence-electron chi connectivity index (χ2n) is 5.71. The van der Waals surface area contributed by atoms with Gasteiger partial charge in [0, 0.05) is 12.1 Å². The third-order valence-corrected chi connectivity index (χ3v) is 4.00. The van der Waals surface area contributed by atoms with Gasteiger partial charge < -0.3 is 14.5 Å². The Kier molecular flexibility index (Phi) is 4.56. The number of carbonyl (C=O) groups is 1. The van der Waals surface area contributed by atoms with Gasteiger partial charge in [-0.25, -0.2) is 0 Å². The molecule has 4 nitrogen and oxygen atoms in total. The second kappa shape index (κ2) is 6.79. The Morgan fingerprint density at radius 3 is 2.67 bits per heavy atom. The van der Waals surface area contributed by atoms with E-state index in [0.717, 1.165) is 27.9 Å². The minimum Gasteiger partial charge on any atom is -0.493 e. The molecule has 1 aromatic heterocycles. The Labute approximate surface area is 141 Å². The molecule has 1 heterocycles. The highest BCUT2D eigenvalue weighted by molar-refractivity contribution is 6.09. The topological polar surface area (TPSA) is 51.5 Å². The zero-order valence-electron chi connectivity index (χ0n) is 14.2. The lowest BCUT2D eigenvalue weighted by Gasteiger charge is -2.13. The van der Waals surface area contributed by atoms with Gasteiger partial charge in [-0.3, -0.25) is 4.79 Å². The number of nitrogens with one attached hydrogen (secondary N) is 1. The average molecular weight is 323 g/mol. The van der Waals surface area contributed by atoms with Crippen molar-refractivity contribution in [2.45, 2.75) is 27.3 Å². The maximum atomic E-state index is 12.8. The number of amides is 1. The predicted molar refractivity (Wildman–Crippen MR) is 94.5 cm³/mol. The van der Waals surface area contributed by atoms with Gasteiger partial charge in [0.2, 0.25) is 0 Å². The fraction of sp³-hybridized carbons (Fsp3) is 0.250. The van der Waals surface area contributed by atoms with Crippen LogP contribution in [0, 0.1) is 13.8 Å². The van der Waals surface area contributed by atoms with Crippen molar-refractivity contribution in [3.05, 3.63) is 65.1 Å². The molecule has 0 aliphatic rings. The summed E-state index contributed by atoms with van der Waals surface area (Å²) in [5.74, 6) is 2.13. The van der Waals surface area contributed by atoms with Crippen molar-refractivity contribution in [1.29, 1.82) is 0 Å². The van der Waals surface area contributed by atoms with Crippen LogP contribution in [0.2, 0.25) is 0 Å². The van der Waals surface area contributed by atoms with Crippen LogP contribution in [0.3, 0.4) is 0 Å². The van der Waals surface area contributed by atoms with Gasteiger partial charge in [0.25, 0.3) is 5.91 Å². The molecule has 0 unspecified atom stereocenters. The molecule has 0 atom stereocenters. The Morgan fingerprint density at radius 1 is 1.17 bits per heavy atom. The summed E-state index contributed by atoms with van der Waals surface area (Å²) < 4.78 is 11.2. The standard InChI is InChI=1S/C20H21NO3/c1-4-23-18-10-9-15-7-5-6-8-17(15)19(18)20(22)21-12-16-11-13(2)24-14(16)3/h5-11H,4,12H2,1-3H3,(H,21,22).